The fraction of sp³-hybridized carbons (Fsp3) is 0.130. The van der Waals surface area contributed by atoms with Crippen molar-refractivity contribution in [2.24, 2.45) is 0 Å². The minimum Gasteiger partial charge on any atom is -0.497 e. The fourth-order valence-corrected chi connectivity index (χ4v) is 4.07. The van der Waals surface area contributed by atoms with Gasteiger partial charge in [0.05, 0.1) is 24.4 Å². The Bertz CT molecular complexity index is 1180. The van der Waals surface area contributed by atoms with Crippen molar-refractivity contribution >= 4 is 33.1 Å². The highest BCUT2D eigenvalue weighted by molar-refractivity contribution is 7.21. The third-order valence-corrected chi connectivity index (χ3v) is 5.73. The average molecular weight is 404 g/mol. The van der Waals surface area contributed by atoms with Crippen LogP contribution >= 0.6 is 11.3 Å². The number of hydrogen-bond acceptors (Lipinski definition) is 5. The first-order chi connectivity index (χ1) is 14.1. The number of amides is 1. The van der Waals surface area contributed by atoms with Crippen molar-refractivity contribution < 1.29 is 14.3 Å². The predicted molar refractivity (Wildman–Crippen MR) is 117 cm³/mol. The molecule has 5 nitrogen and oxygen atoms in total. The lowest BCUT2D eigenvalue weighted by molar-refractivity contribution is 0.102. The minimum absolute atomic E-state index is 0.148. The average Bonchev–Trinajstić information content (AvgIpc) is 3.17. The lowest BCUT2D eigenvalue weighted by atomic mass is 10.1. The van der Waals surface area contributed by atoms with Crippen LogP contribution in [0.15, 0.2) is 60.7 Å². The molecule has 0 fully saturated rings. The van der Waals surface area contributed by atoms with Crippen molar-refractivity contribution in [2.75, 3.05) is 19.5 Å². The smallest absolute Gasteiger partial charge is 0.255 e. The van der Waals surface area contributed by atoms with Gasteiger partial charge in [0.25, 0.3) is 5.91 Å². The van der Waals surface area contributed by atoms with Crippen molar-refractivity contribution in [3.05, 3.63) is 71.8 Å². The number of fused-ring (bicyclic) bond motifs is 1. The Morgan fingerprint density at radius 2 is 1.62 bits per heavy atom. The van der Waals surface area contributed by atoms with Crippen LogP contribution in [0.1, 0.15) is 15.9 Å². The lowest BCUT2D eigenvalue weighted by Gasteiger charge is -2.09. The van der Waals surface area contributed by atoms with E-state index < -0.39 is 0 Å². The molecule has 0 saturated heterocycles. The Hall–Kier alpha value is -3.38. The number of ether oxygens (including phenoxy) is 2. The van der Waals surface area contributed by atoms with E-state index in [1.165, 1.54) is 0 Å². The number of hydrogen-bond donors (Lipinski definition) is 1. The number of nitrogens with zero attached hydrogens (tertiary/aromatic N) is 1. The Morgan fingerprint density at radius 3 is 2.31 bits per heavy atom. The SMILES string of the molecule is COc1ccc(C(=O)Nc2ccc(-c3nc4ccc(OC)cc4s3)cc2)c(C)c1. The standard InChI is InChI=1S/C23H20N2O3S/c1-14-12-17(27-2)8-10-19(14)22(26)24-16-6-4-15(5-7-16)23-25-20-11-9-18(28-3)13-21(20)29-23/h4-13H,1-3H3,(H,24,26). The van der Waals surface area contributed by atoms with Gasteiger partial charge in [0.2, 0.25) is 0 Å². The zero-order valence-electron chi connectivity index (χ0n) is 16.4. The Kier molecular flexibility index (Phi) is 5.18. The summed E-state index contributed by atoms with van der Waals surface area (Å²) in [6.45, 7) is 1.89. The van der Waals surface area contributed by atoms with Crippen LogP contribution in [0.3, 0.4) is 0 Å². The lowest BCUT2D eigenvalue weighted by Crippen LogP contribution is -2.13. The van der Waals surface area contributed by atoms with E-state index in [9.17, 15) is 4.79 Å². The normalized spacial score (nSPS) is 10.7. The number of nitrogens with one attached hydrogen (secondary N) is 1. The highest BCUT2D eigenvalue weighted by atomic mass is 32.1. The molecular weight excluding hydrogens is 384 g/mol. The fourth-order valence-electron chi connectivity index (χ4n) is 3.07. The molecule has 1 amide bonds. The highest BCUT2D eigenvalue weighted by Gasteiger charge is 2.11. The molecule has 0 spiro atoms. The van der Waals surface area contributed by atoms with Crippen LogP contribution in [0.4, 0.5) is 5.69 Å². The maximum absolute atomic E-state index is 12.6. The molecule has 0 unspecified atom stereocenters. The molecule has 29 heavy (non-hydrogen) atoms. The van der Waals surface area contributed by atoms with Crippen LogP contribution in [0.5, 0.6) is 11.5 Å². The van der Waals surface area contributed by atoms with Crippen LogP contribution in [0, 0.1) is 6.92 Å². The number of methoxy groups -OCH3 is 2. The molecule has 4 aromatic rings. The topological polar surface area (TPSA) is 60.5 Å². The van der Waals surface area contributed by atoms with Gasteiger partial charge < -0.3 is 14.8 Å². The number of thiazole rings is 1. The van der Waals surface area contributed by atoms with Crippen molar-refractivity contribution in [1.82, 2.24) is 4.98 Å². The van der Waals surface area contributed by atoms with Gasteiger partial charge in [-0.05, 0) is 73.2 Å². The zero-order valence-corrected chi connectivity index (χ0v) is 17.2. The van der Waals surface area contributed by atoms with Crippen LogP contribution < -0.4 is 14.8 Å². The summed E-state index contributed by atoms with van der Waals surface area (Å²) in [6, 6.07) is 19.0. The molecule has 1 aromatic heterocycles. The maximum atomic E-state index is 12.6. The number of benzene rings is 3. The molecular formula is C23H20N2O3S. The molecule has 0 aliphatic heterocycles. The van der Waals surface area contributed by atoms with Crippen molar-refractivity contribution in [1.29, 1.82) is 0 Å². The van der Waals surface area contributed by atoms with Gasteiger partial charge in [-0.15, -0.1) is 11.3 Å². The zero-order chi connectivity index (χ0) is 20.4. The quantitative estimate of drug-likeness (QED) is 0.474. The van der Waals surface area contributed by atoms with Gasteiger partial charge in [-0.2, -0.15) is 0 Å². The second kappa shape index (κ2) is 7.93. The largest absolute Gasteiger partial charge is 0.497 e. The number of anilines is 1. The van der Waals surface area contributed by atoms with Gasteiger partial charge in [-0.25, -0.2) is 4.98 Å². The van der Waals surface area contributed by atoms with E-state index in [4.69, 9.17) is 9.47 Å². The summed E-state index contributed by atoms with van der Waals surface area (Å²) in [7, 11) is 3.27. The third kappa shape index (κ3) is 3.93. The first-order valence-corrected chi connectivity index (χ1v) is 9.90. The highest BCUT2D eigenvalue weighted by Crippen LogP contribution is 2.32. The van der Waals surface area contributed by atoms with Gasteiger partial charge in [0, 0.05) is 16.8 Å². The molecule has 0 bridgehead atoms. The summed E-state index contributed by atoms with van der Waals surface area (Å²) in [5, 5.41) is 3.87. The number of rotatable bonds is 5. The van der Waals surface area contributed by atoms with E-state index in [1.807, 2.05) is 55.5 Å². The molecule has 1 N–H and O–H groups in total. The van der Waals surface area contributed by atoms with Gasteiger partial charge in [0.15, 0.2) is 0 Å². The Labute approximate surface area is 172 Å². The first-order valence-electron chi connectivity index (χ1n) is 9.08. The van der Waals surface area contributed by atoms with Crippen LogP contribution in [0.25, 0.3) is 20.8 Å². The molecule has 6 heteroatoms. The summed E-state index contributed by atoms with van der Waals surface area (Å²) >= 11 is 1.61. The Morgan fingerprint density at radius 1 is 0.931 bits per heavy atom. The molecule has 1 heterocycles. The summed E-state index contributed by atoms with van der Waals surface area (Å²) in [5.74, 6) is 1.40. The van der Waals surface area contributed by atoms with Crippen molar-refractivity contribution in [3.8, 4) is 22.1 Å². The molecule has 0 radical (unpaired) electrons. The third-order valence-electron chi connectivity index (χ3n) is 4.66. The van der Waals surface area contributed by atoms with E-state index >= 15 is 0 Å². The predicted octanol–water partition coefficient (Wildman–Crippen LogP) is 5.54. The minimum atomic E-state index is -0.148. The molecule has 0 saturated carbocycles. The van der Waals surface area contributed by atoms with Gasteiger partial charge >= 0.3 is 0 Å². The van der Waals surface area contributed by atoms with Crippen LogP contribution in [0.2, 0.25) is 0 Å². The molecule has 3 aromatic carbocycles. The molecule has 0 aliphatic carbocycles. The number of aryl methyl sites for hydroxylation is 1. The summed E-state index contributed by atoms with van der Waals surface area (Å²) in [6.07, 6.45) is 0. The number of aromatic nitrogens is 1. The van der Waals surface area contributed by atoms with Crippen LogP contribution in [-0.2, 0) is 0 Å². The van der Waals surface area contributed by atoms with Gasteiger partial charge in [-0.3, -0.25) is 4.79 Å². The summed E-state index contributed by atoms with van der Waals surface area (Å²) < 4.78 is 11.5. The van der Waals surface area contributed by atoms with E-state index in [0.29, 0.717) is 5.56 Å². The number of carbonyl (C=O) groups excluding carboxylic acids is 1. The van der Waals surface area contributed by atoms with Crippen LogP contribution in [-0.4, -0.2) is 25.1 Å². The molecule has 0 aliphatic rings. The van der Waals surface area contributed by atoms with E-state index in [-0.39, 0.29) is 5.91 Å². The molecule has 4 rings (SSSR count). The summed E-state index contributed by atoms with van der Waals surface area (Å²) in [4.78, 5) is 17.3. The second-order valence-electron chi connectivity index (χ2n) is 6.56. The van der Waals surface area contributed by atoms with Gasteiger partial charge in [-0.1, -0.05) is 0 Å². The number of carbonyl (C=O) groups is 1. The first kappa shape index (κ1) is 19.0. The second-order valence-corrected chi connectivity index (χ2v) is 7.60. The molecule has 0 atom stereocenters. The van der Waals surface area contributed by atoms with Gasteiger partial charge in [0.1, 0.15) is 16.5 Å². The summed E-state index contributed by atoms with van der Waals surface area (Å²) in [5.41, 5.74) is 4.16. The monoisotopic (exact) mass is 404 g/mol. The molecule has 146 valence electrons. The maximum Gasteiger partial charge on any atom is 0.255 e. The van der Waals surface area contributed by atoms with E-state index in [2.05, 4.69) is 10.3 Å². The van der Waals surface area contributed by atoms with E-state index in [0.717, 1.165) is 43.5 Å². The van der Waals surface area contributed by atoms with Crippen molar-refractivity contribution in [3.63, 3.8) is 0 Å². The van der Waals surface area contributed by atoms with E-state index in [1.54, 1.807) is 37.7 Å². The van der Waals surface area contributed by atoms with Crippen molar-refractivity contribution in [2.45, 2.75) is 6.92 Å². The Balaban J connectivity index is 1.53.